The molecular formula is C31H22Cl4N2O4. The first-order valence-electron chi connectivity index (χ1n) is 12.1. The highest BCUT2D eigenvalue weighted by molar-refractivity contribution is 6.35. The molecule has 0 atom stereocenters. The van der Waals surface area contributed by atoms with Crippen LogP contribution in [0, 0.1) is 11.3 Å². The molecule has 41 heavy (non-hydrogen) atoms. The van der Waals surface area contributed by atoms with Gasteiger partial charge in [-0.2, -0.15) is 5.26 Å². The largest absolute Gasteiger partial charge is 0.493 e. The quantitative estimate of drug-likeness (QED) is 0.140. The third kappa shape index (κ3) is 8.32. The van der Waals surface area contributed by atoms with Gasteiger partial charge < -0.3 is 19.5 Å². The van der Waals surface area contributed by atoms with Gasteiger partial charge in [0.05, 0.1) is 12.1 Å². The van der Waals surface area contributed by atoms with E-state index in [9.17, 15) is 10.1 Å². The van der Waals surface area contributed by atoms with Gasteiger partial charge in [0, 0.05) is 26.3 Å². The predicted octanol–water partition coefficient (Wildman–Crippen LogP) is 9.01. The van der Waals surface area contributed by atoms with Crippen molar-refractivity contribution >= 4 is 64.1 Å². The van der Waals surface area contributed by atoms with Crippen molar-refractivity contribution in [1.82, 2.24) is 0 Å². The van der Waals surface area contributed by atoms with Gasteiger partial charge in [-0.25, -0.2) is 0 Å². The third-order valence-corrected chi connectivity index (χ3v) is 6.87. The van der Waals surface area contributed by atoms with Crippen molar-refractivity contribution in [3.8, 4) is 23.3 Å². The van der Waals surface area contributed by atoms with Gasteiger partial charge in [0.1, 0.15) is 30.6 Å². The molecule has 0 unspecified atom stereocenters. The van der Waals surface area contributed by atoms with Gasteiger partial charge in [-0.05, 0) is 77.9 Å². The van der Waals surface area contributed by atoms with Crippen LogP contribution in [0.2, 0.25) is 20.1 Å². The number of rotatable bonds is 10. The lowest BCUT2D eigenvalue weighted by molar-refractivity contribution is -0.112. The zero-order valence-corrected chi connectivity index (χ0v) is 24.6. The predicted molar refractivity (Wildman–Crippen MR) is 163 cm³/mol. The van der Waals surface area contributed by atoms with E-state index >= 15 is 0 Å². The first kappa shape index (κ1) is 30.1. The number of halogens is 4. The van der Waals surface area contributed by atoms with E-state index in [4.69, 9.17) is 60.6 Å². The van der Waals surface area contributed by atoms with Gasteiger partial charge in [0.2, 0.25) is 0 Å². The van der Waals surface area contributed by atoms with Gasteiger partial charge in [0.15, 0.2) is 11.5 Å². The SMILES string of the molecule is COc1cc(/C=C(\C#N)C(=O)Nc2ccc(OCc3ccc(Cl)cc3)cc2)cc(Cl)c1OCc1ccc(Cl)cc1Cl. The van der Waals surface area contributed by atoms with Crippen LogP contribution in [0.3, 0.4) is 0 Å². The highest BCUT2D eigenvalue weighted by Crippen LogP contribution is 2.38. The fraction of sp³-hybridized carbons (Fsp3) is 0.0968. The van der Waals surface area contributed by atoms with E-state index in [1.807, 2.05) is 18.2 Å². The molecule has 0 aliphatic heterocycles. The molecule has 1 N–H and O–H groups in total. The lowest BCUT2D eigenvalue weighted by Crippen LogP contribution is -2.13. The second-order valence-corrected chi connectivity index (χ2v) is 10.3. The maximum atomic E-state index is 12.8. The van der Waals surface area contributed by atoms with Crippen LogP contribution in [0.25, 0.3) is 6.08 Å². The summed E-state index contributed by atoms with van der Waals surface area (Å²) in [5.74, 6) is 0.644. The van der Waals surface area contributed by atoms with Crippen molar-refractivity contribution < 1.29 is 19.0 Å². The Morgan fingerprint density at radius 2 is 1.56 bits per heavy atom. The van der Waals surface area contributed by atoms with Gasteiger partial charge in [-0.3, -0.25) is 4.79 Å². The van der Waals surface area contributed by atoms with E-state index in [2.05, 4.69) is 5.32 Å². The summed E-state index contributed by atoms with van der Waals surface area (Å²) in [4.78, 5) is 12.8. The second kappa shape index (κ2) is 14.2. The third-order valence-electron chi connectivity index (χ3n) is 5.75. The summed E-state index contributed by atoms with van der Waals surface area (Å²) in [5.41, 5.74) is 2.52. The van der Waals surface area contributed by atoms with E-state index in [1.54, 1.807) is 66.7 Å². The number of ether oxygens (including phenoxy) is 3. The highest BCUT2D eigenvalue weighted by atomic mass is 35.5. The van der Waals surface area contributed by atoms with E-state index < -0.39 is 5.91 Å². The summed E-state index contributed by atoms with van der Waals surface area (Å²) in [6, 6.07) is 24.4. The van der Waals surface area contributed by atoms with Crippen molar-refractivity contribution in [2.75, 3.05) is 12.4 Å². The molecule has 0 aromatic heterocycles. The summed E-state index contributed by atoms with van der Waals surface area (Å²) in [6.45, 7) is 0.493. The molecule has 4 aromatic rings. The maximum absolute atomic E-state index is 12.8. The molecule has 0 spiro atoms. The standard InChI is InChI=1S/C31H22Cl4N2O4/c1-39-29-14-20(13-28(35)30(29)41-18-21-4-7-24(33)15-27(21)34)12-22(16-36)31(38)37-25-8-10-26(11-9-25)40-17-19-2-5-23(32)6-3-19/h2-15H,17-18H2,1H3,(H,37,38)/b22-12+. The number of nitrogens with one attached hydrogen (secondary N) is 1. The van der Waals surface area contributed by atoms with Crippen LogP contribution in [0.1, 0.15) is 16.7 Å². The van der Waals surface area contributed by atoms with Gasteiger partial charge in [0.25, 0.3) is 5.91 Å². The van der Waals surface area contributed by atoms with E-state index in [0.29, 0.717) is 55.7 Å². The average molecular weight is 628 g/mol. The van der Waals surface area contributed by atoms with E-state index in [0.717, 1.165) is 5.56 Å². The van der Waals surface area contributed by atoms with Crippen LogP contribution in [-0.2, 0) is 18.0 Å². The Bertz CT molecular complexity index is 1620. The van der Waals surface area contributed by atoms with Crippen molar-refractivity contribution in [2.45, 2.75) is 13.2 Å². The van der Waals surface area contributed by atoms with Gasteiger partial charge >= 0.3 is 0 Å². The van der Waals surface area contributed by atoms with Crippen LogP contribution < -0.4 is 19.5 Å². The van der Waals surface area contributed by atoms with E-state index in [-0.39, 0.29) is 17.2 Å². The fourth-order valence-electron chi connectivity index (χ4n) is 3.65. The molecule has 0 radical (unpaired) electrons. The lowest BCUT2D eigenvalue weighted by atomic mass is 10.1. The molecule has 0 aliphatic rings. The van der Waals surface area contributed by atoms with Crippen LogP contribution in [0.15, 0.2) is 84.4 Å². The summed E-state index contributed by atoms with van der Waals surface area (Å²) in [7, 11) is 1.46. The number of nitrogens with zero attached hydrogens (tertiary/aromatic N) is 1. The molecule has 6 nitrogen and oxygen atoms in total. The van der Waals surface area contributed by atoms with Gasteiger partial charge in [-0.15, -0.1) is 0 Å². The van der Waals surface area contributed by atoms with Crippen molar-refractivity contribution in [1.29, 1.82) is 5.26 Å². The number of carbonyl (C=O) groups excluding carboxylic acids is 1. The van der Waals surface area contributed by atoms with E-state index in [1.165, 1.54) is 13.2 Å². The number of hydrogen-bond donors (Lipinski definition) is 1. The monoisotopic (exact) mass is 626 g/mol. The van der Waals surface area contributed by atoms with Crippen LogP contribution >= 0.6 is 46.4 Å². The van der Waals surface area contributed by atoms with Crippen molar-refractivity contribution in [3.05, 3.63) is 121 Å². The number of benzene rings is 4. The van der Waals surface area contributed by atoms with Crippen LogP contribution in [0.5, 0.6) is 17.2 Å². The molecule has 0 bridgehead atoms. The van der Waals surface area contributed by atoms with Crippen LogP contribution in [0.4, 0.5) is 5.69 Å². The first-order chi connectivity index (χ1) is 19.7. The number of nitriles is 1. The number of anilines is 1. The normalized spacial score (nSPS) is 11.0. The number of methoxy groups -OCH3 is 1. The average Bonchev–Trinajstić information content (AvgIpc) is 2.96. The number of carbonyl (C=O) groups is 1. The smallest absolute Gasteiger partial charge is 0.266 e. The Balaban J connectivity index is 1.42. The number of hydrogen-bond acceptors (Lipinski definition) is 5. The molecule has 10 heteroatoms. The highest BCUT2D eigenvalue weighted by Gasteiger charge is 2.15. The Labute approximate surface area is 257 Å². The zero-order chi connectivity index (χ0) is 29.4. The first-order valence-corrected chi connectivity index (χ1v) is 13.6. The molecule has 208 valence electrons. The molecule has 0 heterocycles. The minimum atomic E-state index is -0.588. The lowest BCUT2D eigenvalue weighted by Gasteiger charge is -2.14. The summed E-state index contributed by atoms with van der Waals surface area (Å²) in [6.07, 6.45) is 1.41. The molecule has 0 aliphatic carbocycles. The molecule has 1 amide bonds. The van der Waals surface area contributed by atoms with Crippen LogP contribution in [-0.4, -0.2) is 13.0 Å². The molecule has 0 fully saturated rings. The van der Waals surface area contributed by atoms with Crippen molar-refractivity contribution in [2.24, 2.45) is 0 Å². The zero-order valence-electron chi connectivity index (χ0n) is 21.6. The molecular weight excluding hydrogens is 606 g/mol. The molecule has 4 rings (SSSR count). The second-order valence-electron chi connectivity index (χ2n) is 8.62. The maximum Gasteiger partial charge on any atom is 0.266 e. The van der Waals surface area contributed by atoms with Gasteiger partial charge in [-0.1, -0.05) is 64.6 Å². The summed E-state index contributed by atoms with van der Waals surface area (Å²) < 4.78 is 17.1. The Morgan fingerprint density at radius 1 is 0.854 bits per heavy atom. The molecule has 4 aromatic carbocycles. The number of amides is 1. The minimum Gasteiger partial charge on any atom is -0.493 e. The summed E-state index contributed by atoms with van der Waals surface area (Å²) >= 11 is 24.6. The topological polar surface area (TPSA) is 80.6 Å². The minimum absolute atomic E-state index is 0.123. The summed E-state index contributed by atoms with van der Waals surface area (Å²) in [5, 5.41) is 14.2. The Morgan fingerprint density at radius 3 is 2.22 bits per heavy atom. The fourth-order valence-corrected chi connectivity index (χ4v) is 4.51. The molecule has 0 saturated carbocycles. The molecule has 0 saturated heterocycles. The Hall–Kier alpha value is -3.86. The van der Waals surface area contributed by atoms with Crippen molar-refractivity contribution in [3.63, 3.8) is 0 Å². The Kier molecular flexibility index (Phi) is 10.4.